The number of hydrogen-bond donors (Lipinski definition) is 1. The van der Waals surface area contributed by atoms with E-state index in [4.69, 9.17) is 0 Å². The van der Waals surface area contributed by atoms with Gasteiger partial charge in [0.05, 0.1) is 0 Å². The SMILES string of the molecule is CCCNC(=O)C(CC)N(CCc1ccccc1)C(=O)CCc1ccccc1. The summed E-state index contributed by atoms with van der Waals surface area (Å²) in [5.41, 5.74) is 2.31. The molecule has 4 heteroatoms. The molecule has 2 aromatic rings. The molecule has 0 radical (unpaired) electrons. The summed E-state index contributed by atoms with van der Waals surface area (Å²) in [7, 11) is 0. The van der Waals surface area contributed by atoms with Crippen LogP contribution in [-0.4, -0.2) is 35.8 Å². The third kappa shape index (κ3) is 6.84. The molecule has 0 aliphatic carbocycles. The number of rotatable bonds is 11. The van der Waals surface area contributed by atoms with Crippen LogP contribution in [0.5, 0.6) is 0 Å². The Morgan fingerprint density at radius 3 is 2.00 bits per heavy atom. The van der Waals surface area contributed by atoms with E-state index in [1.807, 2.05) is 62.4 Å². The second-order valence-electron chi connectivity index (χ2n) is 7.02. The van der Waals surface area contributed by atoms with Crippen LogP contribution in [-0.2, 0) is 22.4 Å². The number of nitrogens with one attached hydrogen (secondary N) is 1. The predicted octanol–water partition coefficient (Wildman–Crippen LogP) is 4.00. The van der Waals surface area contributed by atoms with Crippen LogP contribution in [0.15, 0.2) is 60.7 Å². The normalized spacial score (nSPS) is 11.6. The number of benzene rings is 2. The summed E-state index contributed by atoms with van der Waals surface area (Å²) in [6, 6.07) is 19.7. The van der Waals surface area contributed by atoms with Crippen molar-refractivity contribution in [2.75, 3.05) is 13.1 Å². The lowest BCUT2D eigenvalue weighted by molar-refractivity contribution is -0.140. The van der Waals surface area contributed by atoms with Crippen LogP contribution in [0.2, 0.25) is 0 Å². The second kappa shape index (κ2) is 12.0. The molecule has 150 valence electrons. The molecule has 1 unspecified atom stereocenters. The van der Waals surface area contributed by atoms with Crippen molar-refractivity contribution < 1.29 is 9.59 Å². The van der Waals surface area contributed by atoms with Crippen molar-refractivity contribution in [2.45, 2.75) is 52.0 Å². The van der Waals surface area contributed by atoms with Gasteiger partial charge in [0.25, 0.3) is 0 Å². The molecule has 2 amide bonds. The van der Waals surface area contributed by atoms with Crippen LogP contribution in [0.25, 0.3) is 0 Å². The van der Waals surface area contributed by atoms with E-state index in [-0.39, 0.29) is 11.8 Å². The molecule has 2 rings (SSSR count). The van der Waals surface area contributed by atoms with Gasteiger partial charge in [-0.1, -0.05) is 74.5 Å². The maximum absolute atomic E-state index is 13.1. The van der Waals surface area contributed by atoms with E-state index in [1.165, 1.54) is 5.56 Å². The van der Waals surface area contributed by atoms with Gasteiger partial charge in [-0.3, -0.25) is 9.59 Å². The van der Waals surface area contributed by atoms with Crippen LogP contribution in [0.1, 0.15) is 44.2 Å². The molecule has 4 nitrogen and oxygen atoms in total. The molecular formula is C24H32N2O2. The highest BCUT2D eigenvalue weighted by Crippen LogP contribution is 2.12. The van der Waals surface area contributed by atoms with Crippen LogP contribution in [0.4, 0.5) is 0 Å². The van der Waals surface area contributed by atoms with Crippen molar-refractivity contribution in [2.24, 2.45) is 0 Å². The molecule has 0 aromatic heterocycles. The Bertz CT molecular complexity index is 716. The smallest absolute Gasteiger partial charge is 0.242 e. The van der Waals surface area contributed by atoms with Gasteiger partial charge >= 0.3 is 0 Å². The van der Waals surface area contributed by atoms with E-state index in [0.717, 1.165) is 18.4 Å². The largest absolute Gasteiger partial charge is 0.354 e. The molecule has 28 heavy (non-hydrogen) atoms. The lowest BCUT2D eigenvalue weighted by Crippen LogP contribution is -2.50. The molecule has 0 saturated carbocycles. The maximum Gasteiger partial charge on any atom is 0.242 e. The number of amides is 2. The highest BCUT2D eigenvalue weighted by atomic mass is 16.2. The monoisotopic (exact) mass is 380 g/mol. The van der Waals surface area contributed by atoms with Crippen LogP contribution >= 0.6 is 0 Å². The summed E-state index contributed by atoms with van der Waals surface area (Å²) in [6.07, 6.45) is 3.34. The van der Waals surface area contributed by atoms with Gasteiger partial charge in [0, 0.05) is 19.5 Å². The molecule has 1 atom stereocenters. The first-order valence-electron chi connectivity index (χ1n) is 10.3. The first kappa shape index (κ1) is 21.7. The second-order valence-corrected chi connectivity index (χ2v) is 7.02. The minimum atomic E-state index is -0.418. The predicted molar refractivity (Wildman–Crippen MR) is 114 cm³/mol. The van der Waals surface area contributed by atoms with Gasteiger partial charge in [-0.2, -0.15) is 0 Å². The van der Waals surface area contributed by atoms with Gasteiger partial charge in [0.1, 0.15) is 6.04 Å². The minimum Gasteiger partial charge on any atom is -0.354 e. The standard InChI is InChI=1S/C24H32N2O2/c1-3-18-25-24(28)22(4-2)26(19-17-21-13-9-6-10-14-21)23(27)16-15-20-11-7-5-8-12-20/h5-14,22H,3-4,15-19H2,1-2H3,(H,25,28). The zero-order chi connectivity index (χ0) is 20.2. The summed E-state index contributed by atoms with van der Waals surface area (Å²) < 4.78 is 0. The number of carbonyl (C=O) groups excluding carboxylic acids is 2. The number of nitrogens with zero attached hydrogens (tertiary/aromatic N) is 1. The number of aryl methyl sites for hydroxylation is 1. The van der Waals surface area contributed by atoms with Crippen LogP contribution in [0.3, 0.4) is 0 Å². The molecule has 0 fully saturated rings. The quantitative estimate of drug-likeness (QED) is 0.641. The van der Waals surface area contributed by atoms with Gasteiger partial charge in [0.15, 0.2) is 0 Å². The Kier molecular flexibility index (Phi) is 9.26. The van der Waals surface area contributed by atoms with Gasteiger partial charge in [-0.15, -0.1) is 0 Å². The zero-order valence-electron chi connectivity index (χ0n) is 17.1. The first-order chi connectivity index (χ1) is 13.7. The van der Waals surface area contributed by atoms with E-state index < -0.39 is 6.04 Å². The third-order valence-corrected chi connectivity index (χ3v) is 4.89. The molecule has 1 N–H and O–H groups in total. The van der Waals surface area contributed by atoms with E-state index in [9.17, 15) is 9.59 Å². The molecule has 0 heterocycles. The number of hydrogen-bond acceptors (Lipinski definition) is 2. The van der Waals surface area contributed by atoms with Crippen molar-refractivity contribution in [1.82, 2.24) is 10.2 Å². The fraction of sp³-hybridized carbons (Fsp3) is 0.417. The summed E-state index contributed by atoms with van der Waals surface area (Å²) in [6.45, 7) is 5.19. The first-order valence-corrected chi connectivity index (χ1v) is 10.3. The van der Waals surface area contributed by atoms with E-state index >= 15 is 0 Å². The molecule has 0 bridgehead atoms. The summed E-state index contributed by atoms with van der Waals surface area (Å²) in [5.74, 6) is -0.0104. The minimum absolute atomic E-state index is 0.0401. The topological polar surface area (TPSA) is 49.4 Å². The lowest BCUT2D eigenvalue weighted by atomic mass is 10.1. The maximum atomic E-state index is 13.1. The Morgan fingerprint density at radius 2 is 1.46 bits per heavy atom. The molecule has 0 saturated heterocycles. The van der Waals surface area contributed by atoms with Crippen molar-refractivity contribution >= 4 is 11.8 Å². The van der Waals surface area contributed by atoms with Crippen LogP contribution in [0, 0.1) is 0 Å². The number of carbonyl (C=O) groups is 2. The van der Waals surface area contributed by atoms with E-state index in [1.54, 1.807) is 4.90 Å². The molecular weight excluding hydrogens is 348 g/mol. The molecule has 0 spiro atoms. The summed E-state index contributed by atoms with van der Waals surface area (Å²) in [5, 5.41) is 2.96. The Morgan fingerprint density at radius 1 is 0.893 bits per heavy atom. The van der Waals surface area contributed by atoms with Crippen molar-refractivity contribution in [1.29, 1.82) is 0 Å². The molecule has 0 aliphatic rings. The van der Waals surface area contributed by atoms with E-state index in [0.29, 0.717) is 32.4 Å². The average molecular weight is 381 g/mol. The highest BCUT2D eigenvalue weighted by Gasteiger charge is 2.27. The van der Waals surface area contributed by atoms with Gasteiger partial charge in [0.2, 0.25) is 11.8 Å². The Labute approximate surface area is 169 Å². The fourth-order valence-corrected chi connectivity index (χ4v) is 3.30. The third-order valence-electron chi connectivity index (χ3n) is 4.89. The fourth-order valence-electron chi connectivity index (χ4n) is 3.30. The van der Waals surface area contributed by atoms with Gasteiger partial charge < -0.3 is 10.2 Å². The highest BCUT2D eigenvalue weighted by molar-refractivity contribution is 5.87. The molecule has 0 aliphatic heterocycles. The van der Waals surface area contributed by atoms with Crippen LogP contribution < -0.4 is 5.32 Å². The molecule has 2 aromatic carbocycles. The Hall–Kier alpha value is -2.62. The van der Waals surface area contributed by atoms with Gasteiger partial charge in [-0.25, -0.2) is 0 Å². The zero-order valence-corrected chi connectivity index (χ0v) is 17.1. The summed E-state index contributed by atoms with van der Waals surface area (Å²) in [4.78, 5) is 27.5. The summed E-state index contributed by atoms with van der Waals surface area (Å²) >= 11 is 0. The van der Waals surface area contributed by atoms with Crippen molar-refractivity contribution in [3.63, 3.8) is 0 Å². The average Bonchev–Trinajstić information content (AvgIpc) is 2.74. The Balaban J connectivity index is 2.08. The van der Waals surface area contributed by atoms with Crippen molar-refractivity contribution in [3.8, 4) is 0 Å². The lowest BCUT2D eigenvalue weighted by Gasteiger charge is -2.30. The van der Waals surface area contributed by atoms with Crippen molar-refractivity contribution in [3.05, 3.63) is 71.8 Å². The van der Waals surface area contributed by atoms with Gasteiger partial charge in [-0.05, 0) is 36.8 Å². The van der Waals surface area contributed by atoms with E-state index in [2.05, 4.69) is 17.4 Å².